The second kappa shape index (κ2) is 5.87. The molecule has 0 saturated carbocycles. The van der Waals surface area contributed by atoms with Gasteiger partial charge in [0.25, 0.3) is 0 Å². The molecule has 0 amide bonds. The highest BCUT2D eigenvalue weighted by Crippen LogP contribution is 2.27. The number of nitrogens with two attached hydrogens (primary N) is 1. The summed E-state index contributed by atoms with van der Waals surface area (Å²) in [7, 11) is 0. The van der Waals surface area contributed by atoms with E-state index >= 15 is 0 Å². The van der Waals surface area contributed by atoms with E-state index in [0.717, 1.165) is 28.8 Å². The summed E-state index contributed by atoms with van der Waals surface area (Å²) >= 11 is 9.39. The molecule has 0 bridgehead atoms. The van der Waals surface area contributed by atoms with E-state index in [4.69, 9.17) is 17.3 Å². The number of halogens is 2. The van der Waals surface area contributed by atoms with Crippen LogP contribution in [0, 0.1) is 0 Å². The quantitative estimate of drug-likeness (QED) is 0.928. The minimum Gasteiger partial charge on any atom is -0.333 e. The Bertz CT molecular complexity index is 539. The van der Waals surface area contributed by atoms with E-state index in [9.17, 15) is 0 Å². The molecule has 0 spiro atoms. The third kappa shape index (κ3) is 2.76. The van der Waals surface area contributed by atoms with Crippen LogP contribution in [0.15, 0.2) is 35.1 Å². The smallest absolute Gasteiger partial charge is 0.130 e. The Morgan fingerprint density at radius 3 is 2.94 bits per heavy atom. The van der Waals surface area contributed by atoms with Gasteiger partial charge in [-0.25, -0.2) is 4.98 Å². The van der Waals surface area contributed by atoms with Crippen molar-refractivity contribution in [1.29, 1.82) is 0 Å². The van der Waals surface area contributed by atoms with Crippen molar-refractivity contribution in [2.75, 3.05) is 0 Å². The third-order valence-corrected chi connectivity index (χ3v) is 4.01. The number of rotatable bonds is 4. The number of hydrogen-bond donors (Lipinski definition) is 1. The lowest BCUT2D eigenvalue weighted by Crippen LogP contribution is -2.17. The molecule has 0 saturated heterocycles. The molecule has 0 aliphatic carbocycles. The summed E-state index contributed by atoms with van der Waals surface area (Å²) in [5.41, 5.74) is 7.26. The van der Waals surface area contributed by atoms with Crippen LogP contribution in [-0.2, 0) is 6.54 Å². The van der Waals surface area contributed by atoms with Crippen LogP contribution in [0.5, 0.6) is 0 Å². The van der Waals surface area contributed by atoms with Crippen molar-refractivity contribution in [1.82, 2.24) is 9.55 Å². The van der Waals surface area contributed by atoms with E-state index < -0.39 is 0 Å². The number of imidazole rings is 1. The first kappa shape index (κ1) is 13.6. The first-order valence-electron chi connectivity index (χ1n) is 5.85. The minimum atomic E-state index is -0.236. The van der Waals surface area contributed by atoms with Gasteiger partial charge in [-0.3, -0.25) is 0 Å². The summed E-state index contributed by atoms with van der Waals surface area (Å²) in [6.07, 6.45) is 4.81. The SMILES string of the molecule is CCCn1ccnc1C(N)c1ccc(Cl)c(Br)c1. The van der Waals surface area contributed by atoms with Gasteiger partial charge in [0.2, 0.25) is 0 Å². The molecule has 2 aromatic rings. The fraction of sp³-hybridized carbons (Fsp3) is 0.308. The van der Waals surface area contributed by atoms with Crippen LogP contribution < -0.4 is 5.73 Å². The number of aryl methyl sites for hydroxylation is 1. The molecule has 1 aromatic heterocycles. The molecule has 3 nitrogen and oxygen atoms in total. The van der Waals surface area contributed by atoms with Crippen molar-refractivity contribution in [3.63, 3.8) is 0 Å². The highest BCUT2D eigenvalue weighted by atomic mass is 79.9. The molecular weight excluding hydrogens is 314 g/mol. The van der Waals surface area contributed by atoms with Crippen molar-refractivity contribution in [2.24, 2.45) is 5.73 Å². The normalized spacial score (nSPS) is 12.7. The molecule has 18 heavy (non-hydrogen) atoms. The Kier molecular flexibility index (Phi) is 4.43. The molecule has 0 aliphatic rings. The topological polar surface area (TPSA) is 43.8 Å². The van der Waals surface area contributed by atoms with Crippen molar-refractivity contribution in [3.05, 3.63) is 51.5 Å². The average Bonchev–Trinajstić information content (AvgIpc) is 2.80. The van der Waals surface area contributed by atoms with Gasteiger partial charge in [0.15, 0.2) is 0 Å². The highest BCUT2D eigenvalue weighted by molar-refractivity contribution is 9.10. The van der Waals surface area contributed by atoms with Crippen molar-refractivity contribution in [3.8, 4) is 0 Å². The molecule has 5 heteroatoms. The van der Waals surface area contributed by atoms with Crippen LogP contribution in [0.1, 0.15) is 30.8 Å². The molecule has 0 aliphatic heterocycles. The first-order chi connectivity index (χ1) is 8.63. The van der Waals surface area contributed by atoms with Gasteiger partial charge < -0.3 is 10.3 Å². The molecule has 2 N–H and O–H groups in total. The molecule has 1 aromatic carbocycles. The zero-order chi connectivity index (χ0) is 13.1. The van der Waals surface area contributed by atoms with E-state index in [-0.39, 0.29) is 6.04 Å². The van der Waals surface area contributed by atoms with Gasteiger partial charge >= 0.3 is 0 Å². The van der Waals surface area contributed by atoms with Crippen LogP contribution in [0.25, 0.3) is 0 Å². The number of aromatic nitrogens is 2. The maximum absolute atomic E-state index is 6.26. The van der Waals surface area contributed by atoms with Crippen LogP contribution in [0.4, 0.5) is 0 Å². The maximum Gasteiger partial charge on any atom is 0.130 e. The fourth-order valence-corrected chi connectivity index (χ4v) is 2.40. The van der Waals surface area contributed by atoms with Crippen LogP contribution in [0.2, 0.25) is 5.02 Å². The summed E-state index contributed by atoms with van der Waals surface area (Å²) in [5, 5.41) is 0.683. The number of nitrogens with zero attached hydrogens (tertiary/aromatic N) is 2. The predicted molar refractivity (Wildman–Crippen MR) is 77.7 cm³/mol. The van der Waals surface area contributed by atoms with E-state index in [2.05, 4.69) is 32.4 Å². The summed E-state index contributed by atoms with van der Waals surface area (Å²) < 4.78 is 2.94. The molecule has 0 radical (unpaired) electrons. The fourth-order valence-electron chi connectivity index (χ4n) is 1.88. The Labute approximate surface area is 120 Å². The summed E-state index contributed by atoms with van der Waals surface area (Å²) in [4.78, 5) is 4.35. The Morgan fingerprint density at radius 2 is 2.28 bits per heavy atom. The van der Waals surface area contributed by atoms with Gasteiger partial charge in [0.1, 0.15) is 5.82 Å². The minimum absolute atomic E-state index is 0.236. The lowest BCUT2D eigenvalue weighted by molar-refractivity contribution is 0.613. The largest absolute Gasteiger partial charge is 0.333 e. The second-order valence-electron chi connectivity index (χ2n) is 4.13. The highest BCUT2D eigenvalue weighted by Gasteiger charge is 2.15. The van der Waals surface area contributed by atoms with Crippen LogP contribution >= 0.6 is 27.5 Å². The van der Waals surface area contributed by atoms with Crippen molar-refractivity contribution < 1.29 is 0 Å². The summed E-state index contributed by atoms with van der Waals surface area (Å²) in [6.45, 7) is 3.06. The van der Waals surface area contributed by atoms with E-state index in [1.165, 1.54) is 0 Å². The monoisotopic (exact) mass is 327 g/mol. The van der Waals surface area contributed by atoms with Gasteiger partial charge in [-0.15, -0.1) is 0 Å². The van der Waals surface area contributed by atoms with Gasteiger partial charge in [0, 0.05) is 23.4 Å². The molecule has 2 rings (SSSR count). The molecule has 1 heterocycles. The van der Waals surface area contributed by atoms with E-state index in [1.54, 1.807) is 6.20 Å². The van der Waals surface area contributed by atoms with E-state index in [0.29, 0.717) is 5.02 Å². The zero-order valence-corrected chi connectivity index (χ0v) is 12.4. The maximum atomic E-state index is 6.26. The molecule has 1 unspecified atom stereocenters. The molecule has 0 fully saturated rings. The van der Waals surface area contributed by atoms with Crippen molar-refractivity contribution in [2.45, 2.75) is 25.9 Å². The lowest BCUT2D eigenvalue weighted by Gasteiger charge is -2.14. The third-order valence-electron chi connectivity index (χ3n) is 2.79. The van der Waals surface area contributed by atoms with Gasteiger partial charge in [-0.2, -0.15) is 0 Å². The zero-order valence-electron chi connectivity index (χ0n) is 10.1. The first-order valence-corrected chi connectivity index (χ1v) is 7.02. The second-order valence-corrected chi connectivity index (χ2v) is 5.39. The van der Waals surface area contributed by atoms with Crippen LogP contribution in [-0.4, -0.2) is 9.55 Å². The predicted octanol–water partition coefficient (Wildman–Crippen LogP) is 3.76. The van der Waals surface area contributed by atoms with Gasteiger partial charge in [-0.1, -0.05) is 24.6 Å². The Morgan fingerprint density at radius 1 is 1.50 bits per heavy atom. The van der Waals surface area contributed by atoms with Crippen molar-refractivity contribution >= 4 is 27.5 Å². The lowest BCUT2D eigenvalue weighted by atomic mass is 10.1. The standard InChI is InChI=1S/C13H15BrClN3/c1-2-6-18-7-5-17-13(18)12(16)9-3-4-11(15)10(14)8-9/h3-5,7-8,12H,2,6,16H2,1H3. The number of benzene rings is 1. The number of hydrogen-bond acceptors (Lipinski definition) is 2. The average molecular weight is 329 g/mol. The Hall–Kier alpha value is -0.840. The molecular formula is C13H15BrClN3. The summed E-state index contributed by atoms with van der Waals surface area (Å²) in [6, 6.07) is 5.48. The summed E-state index contributed by atoms with van der Waals surface area (Å²) in [5.74, 6) is 0.881. The van der Waals surface area contributed by atoms with E-state index in [1.807, 2.05) is 24.4 Å². The molecule has 96 valence electrons. The Balaban J connectivity index is 2.32. The van der Waals surface area contributed by atoms with Crippen LogP contribution in [0.3, 0.4) is 0 Å². The van der Waals surface area contributed by atoms with Gasteiger partial charge in [0.05, 0.1) is 11.1 Å². The molecule has 1 atom stereocenters. The van der Waals surface area contributed by atoms with Gasteiger partial charge in [-0.05, 0) is 40.0 Å².